The zero-order valence-electron chi connectivity index (χ0n) is 9.61. The van der Waals surface area contributed by atoms with E-state index in [0.29, 0.717) is 6.42 Å². The molecule has 2 rings (SSSR count). The summed E-state index contributed by atoms with van der Waals surface area (Å²) >= 11 is 6.28. The Kier molecular flexibility index (Phi) is 3.84. The molecule has 2 aromatic rings. The van der Waals surface area contributed by atoms with E-state index in [1.165, 1.54) is 0 Å². The van der Waals surface area contributed by atoms with Gasteiger partial charge in [-0.1, -0.05) is 29.8 Å². The van der Waals surface area contributed by atoms with Crippen molar-refractivity contribution in [3.63, 3.8) is 0 Å². The molecule has 1 atom stereocenters. The zero-order chi connectivity index (χ0) is 12.3. The molecule has 0 aliphatic heterocycles. The van der Waals surface area contributed by atoms with Gasteiger partial charge in [0.15, 0.2) is 0 Å². The van der Waals surface area contributed by atoms with Crippen LogP contribution in [0.25, 0.3) is 0 Å². The van der Waals surface area contributed by atoms with Gasteiger partial charge >= 0.3 is 0 Å². The predicted octanol–water partition coefficient (Wildman–Crippen LogP) is 2.99. The van der Waals surface area contributed by atoms with E-state index in [1.54, 1.807) is 6.26 Å². The molecule has 0 aliphatic carbocycles. The first kappa shape index (κ1) is 12.2. The molecule has 3 N–H and O–H groups in total. The number of hydrazine groups is 1. The van der Waals surface area contributed by atoms with Crippen LogP contribution in [0.1, 0.15) is 22.9 Å². The van der Waals surface area contributed by atoms with Crippen molar-refractivity contribution in [1.29, 1.82) is 0 Å². The number of furan rings is 1. The normalized spacial score (nSPS) is 12.6. The Morgan fingerprint density at radius 1 is 1.35 bits per heavy atom. The summed E-state index contributed by atoms with van der Waals surface area (Å²) in [6.07, 6.45) is 2.33. The van der Waals surface area contributed by atoms with Gasteiger partial charge in [0.25, 0.3) is 0 Å². The largest absolute Gasteiger partial charge is 0.469 e. The molecule has 4 heteroatoms. The van der Waals surface area contributed by atoms with Crippen LogP contribution in [0.15, 0.2) is 41.0 Å². The molecule has 0 saturated carbocycles. The summed E-state index contributed by atoms with van der Waals surface area (Å²) in [5.41, 5.74) is 4.82. The Hall–Kier alpha value is -1.29. The topological polar surface area (TPSA) is 51.2 Å². The molecule has 0 saturated heterocycles. The molecular formula is C13H15ClN2O. The van der Waals surface area contributed by atoms with Crippen molar-refractivity contribution in [2.45, 2.75) is 19.4 Å². The lowest BCUT2D eigenvalue weighted by atomic mass is 10.0. The fourth-order valence-electron chi connectivity index (χ4n) is 1.83. The second kappa shape index (κ2) is 5.36. The van der Waals surface area contributed by atoms with Gasteiger partial charge in [-0.3, -0.25) is 11.3 Å². The van der Waals surface area contributed by atoms with Crippen molar-refractivity contribution in [2.24, 2.45) is 5.84 Å². The lowest BCUT2D eigenvalue weighted by Crippen LogP contribution is -2.29. The van der Waals surface area contributed by atoms with Crippen molar-refractivity contribution in [2.75, 3.05) is 0 Å². The molecule has 1 unspecified atom stereocenters. The first-order valence-corrected chi connectivity index (χ1v) is 5.83. The molecule has 1 aromatic carbocycles. The molecule has 0 fully saturated rings. The highest BCUT2D eigenvalue weighted by atomic mass is 35.5. The van der Waals surface area contributed by atoms with Crippen LogP contribution < -0.4 is 11.3 Å². The van der Waals surface area contributed by atoms with Crippen LogP contribution in [-0.2, 0) is 6.42 Å². The maximum atomic E-state index is 6.28. The molecule has 90 valence electrons. The van der Waals surface area contributed by atoms with Gasteiger partial charge in [0, 0.05) is 11.4 Å². The van der Waals surface area contributed by atoms with Gasteiger partial charge in [0.2, 0.25) is 0 Å². The van der Waals surface area contributed by atoms with Gasteiger partial charge in [-0.2, -0.15) is 0 Å². The van der Waals surface area contributed by atoms with E-state index in [9.17, 15) is 0 Å². The Bertz CT molecular complexity index is 482. The van der Waals surface area contributed by atoms with Gasteiger partial charge < -0.3 is 4.42 Å². The minimum atomic E-state index is -0.0476. The molecule has 0 radical (unpaired) electrons. The van der Waals surface area contributed by atoms with Gasteiger partial charge in [0.05, 0.1) is 12.3 Å². The van der Waals surface area contributed by atoms with E-state index in [0.717, 1.165) is 21.9 Å². The monoisotopic (exact) mass is 250 g/mol. The molecule has 0 aliphatic rings. The highest BCUT2D eigenvalue weighted by molar-refractivity contribution is 6.32. The summed E-state index contributed by atoms with van der Waals surface area (Å²) in [6.45, 7) is 1.98. The zero-order valence-corrected chi connectivity index (χ0v) is 10.4. The van der Waals surface area contributed by atoms with Crippen LogP contribution in [0.3, 0.4) is 0 Å². The maximum Gasteiger partial charge on any atom is 0.105 e. The van der Waals surface area contributed by atoms with Crippen molar-refractivity contribution in [3.05, 3.63) is 58.5 Å². The van der Waals surface area contributed by atoms with Gasteiger partial charge in [-0.25, -0.2) is 0 Å². The number of aryl methyl sites for hydroxylation is 1. The fraction of sp³-hybridized carbons (Fsp3) is 0.231. The lowest BCUT2D eigenvalue weighted by molar-refractivity contribution is 0.455. The Morgan fingerprint density at radius 3 is 2.82 bits per heavy atom. The van der Waals surface area contributed by atoms with Crippen molar-refractivity contribution < 1.29 is 4.42 Å². The molecule has 0 amide bonds. The summed E-state index contributed by atoms with van der Waals surface area (Å²) in [6, 6.07) is 9.67. The molecular weight excluding hydrogens is 236 g/mol. The number of nitrogens with two attached hydrogens (primary N) is 1. The highest BCUT2D eigenvalue weighted by Crippen LogP contribution is 2.27. The Labute approximate surface area is 106 Å². The second-order valence-electron chi connectivity index (χ2n) is 3.98. The fourth-order valence-corrected chi connectivity index (χ4v) is 2.09. The van der Waals surface area contributed by atoms with Gasteiger partial charge in [-0.05, 0) is 30.2 Å². The van der Waals surface area contributed by atoms with Gasteiger partial charge in [-0.15, -0.1) is 0 Å². The van der Waals surface area contributed by atoms with Crippen molar-refractivity contribution in [3.8, 4) is 0 Å². The highest BCUT2D eigenvalue weighted by Gasteiger charge is 2.16. The van der Waals surface area contributed by atoms with Crippen LogP contribution >= 0.6 is 11.6 Å². The number of benzene rings is 1. The smallest absolute Gasteiger partial charge is 0.105 e. The molecule has 3 nitrogen and oxygen atoms in total. The quantitative estimate of drug-likeness (QED) is 0.648. The first-order chi connectivity index (χ1) is 8.22. The predicted molar refractivity (Wildman–Crippen MR) is 68.7 cm³/mol. The van der Waals surface area contributed by atoms with E-state index >= 15 is 0 Å². The minimum Gasteiger partial charge on any atom is -0.469 e. The van der Waals surface area contributed by atoms with Crippen LogP contribution in [0.2, 0.25) is 5.02 Å². The summed E-state index contributed by atoms with van der Waals surface area (Å²) in [4.78, 5) is 0. The summed E-state index contributed by atoms with van der Waals surface area (Å²) in [7, 11) is 0. The third-order valence-corrected chi connectivity index (χ3v) is 3.30. The van der Waals surface area contributed by atoms with E-state index < -0.39 is 0 Å². The van der Waals surface area contributed by atoms with Crippen LogP contribution in [0, 0.1) is 6.92 Å². The Balaban J connectivity index is 2.26. The number of nitrogens with one attached hydrogen (secondary N) is 1. The summed E-state index contributed by atoms with van der Waals surface area (Å²) in [5.74, 6) is 6.47. The molecule has 0 bridgehead atoms. The number of hydrogen-bond donors (Lipinski definition) is 2. The van der Waals surface area contributed by atoms with E-state index in [-0.39, 0.29) is 6.04 Å². The van der Waals surface area contributed by atoms with Crippen molar-refractivity contribution >= 4 is 11.6 Å². The molecule has 17 heavy (non-hydrogen) atoms. The molecule has 0 spiro atoms. The third-order valence-electron chi connectivity index (χ3n) is 2.78. The SMILES string of the molecule is Cc1cccc(C(Cc2ccco2)NN)c1Cl. The van der Waals surface area contributed by atoms with Crippen LogP contribution in [0.4, 0.5) is 0 Å². The lowest BCUT2D eigenvalue weighted by Gasteiger charge is -2.17. The van der Waals surface area contributed by atoms with Crippen LogP contribution in [0.5, 0.6) is 0 Å². The number of hydrogen-bond acceptors (Lipinski definition) is 3. The Morgan fingerprint density at radius 2 is 2.18 bits per heavy atom. The second-order valence-corrected chi connectivity index (χ2v) is 4.36. The standard InChI is InChI=1S/C13H15ClN2O/c1-9-4-2-6-11(13(9)14)12(16-15)8-10-5-3-7-17-10/h2-7,12,16H,8,15H2,1H3. The van der Waals surface area contributed by atoms with Crippen molar-refractivity contribution in [1.82, 2.24) is 5.43 Å². The van der Waals surface area contributed by atoms with E-state index in [2.05, 4.69) is 5.43 Å². The van der Waals surface area contributed by atoms with Gasteiger partial charge in [0.1, 0.15) is 5.76 Å². The van der Waals surface area contributed by atoms with Crippen LogP contribution in [-0.4, -0.2) is 0 Å². The minimum absolute atomic E-state index is 0.0476. The molecule has 1 aromatic heterocycles. The van der Waals surface area contributed by atoms with E-state index in [4.69, 9.17) is 21.9 Å². The summed E-state index contributed by atoms with van der Waals surface area (Å²) in [5, 5.41) is 0.752. The third kappa shape index (κ3) is 2.69. The number of halogens is 1. The maximum absolute atomic E-state index is 6.28. The van der Waals surface area contributed by atoms with E-state index in [1.807, 2.05) is 37.3 Å². The summed E-state index contributed by atoms with van der Waals surface area (Å²) < 4.78 is 5.32. The number of rotatable bonds is 4. The average Bonchev–Trinajstić information content (AvgIpc) is 2.83. The first-order valence-electron chi connectivity index (χ1n) is 5.46. The average molecular weight is 251 g/mol. The molecule has 1 heterocycles.